The molecule has 2 aromatic rings. The molecule has 1 unspecified atom stereocenters. The predicted octanol–water partition coefficient (Wildman–Crippen LogP) is 1.71. The van der Waals surface area contributed by atoms with Crippen LogP contribution in [0.2, 0.25) is 0 Å². The van der Waals surface area contributed by atoms with Gasteiger partial charge in [-0.3, -0.25) is 4.90 Å². The molecule has 112 valence electrons. The summed E-state index contributed by atoms with van der Waals surface area (Å²) in [7, 11) is 1.64. The van der Waals surface area contributed by atoms with Gasteiger partial charge in [-0.25, -0.2) is 0 Å². The summed E-state index contributed by atoms with van der Waals surface area (Å²) in [5, 5.41) is 7.44. The van der Waals surface area contributed by atoms with Gasteiger partial charge in [0.15, 0.2) is 0 Å². The second kappa shape index (κ2) is 6.24. The van der Waals surface area contributed by atoms with Crippen molar-refractivity contribution in [3.63, 3.8) is 0 Å². The monoisotopic (exact) mass is 288 g/mol. The van der Waals surface area contributed by atoms with Crippen molar-refractivity contribution in [2.75, 3.05) is 33.3 Å². The van der Waals surface area contributed by atoms with E-state index in [0.29, 0.717) is 11.7 Å². The Hall–Kier alpha value is -1.92. The summed E-state index contributed by atoms with van der Waals surface area (Å²) < 4.78 is 10.8. The second-order valence-corrected chi connectivity index (χ2v) is 5.12. The maximum Gasteiger partial charge on any atom is 0.244 e. The Bertz CT molecular complexity index is 593. The topological polar surface area (TPSA) is 63.4 Å². The van der Waals surface area contributed by atoms with E-state index >= 15 is 0 Å². The van der Waals surface area contributed by atoms with Crippen molar-refractivity contribution in [3.05, 3.63) is 30.2 Å². The first kappa shape index (κ1) is 14.0. The van der Waals surface area contributed by atoms with Gasteiger partial charge in [0.2, 0.25) is 11.7 Å². The van der Waals surface area contributed by atoms with Gasteiger partial charge in [-0.2, -0.15) is 4.98 Å². The standard InChI is InChI=1S/C15H20N4O2/c1-11(19-9-7-16-8-10-19)15-17-14(18-21-15)12-5-3-4-6-13(12)20-2/h3-6,11,16H,7-10H2,1-2H3. The number of aromatic nitrogens is 2. The number of para-hydroxylation sites is 1. The number of nitrogens with one attached hydrogen (secondary N) is 1. The first-order valence-corrected chi connectivity index (χ1v) is 7.21. The van der Waals surface area contributed by atoms with Crippen LogP contribution in [0.4, 0.5) is 0 Å². The molecule has 2 heterocycles. The van der Waals surface area contributed by atoms with Gasteiger partial charge in [0.1, 0.15) is 5.75 Å². The van der Waals surface area contributed by atoms with Crippen LogP contribution >= 0.6 is 0 Å². The van der Waals surface area contributed by atoms with Gasteiger partial charge >= 0.3 is 0 Å². The molecule has 1 aliphatic rings. The maximum absolute atomic E-state index is 5.45. The highest BCUT2D eigenvalue weighted by molar-refractivity contribution is 5.63. The average Bonchev–Trinajstić information content (AvgIpc) is 3.04. The molecule has 1 aromatic heterocycles. The zero-order valence-corrected chi connectivity index (χ0v) is 12.4. The minimum atomic E-state index is 0.128. The number of piperazine rings is 1. The smallest absolute Gasteiger partial charge is 0.244 e. The quantitative estimate of drug-likeness (QED) is 0.924. The molecule has 1 aromatic carbocycles. The third-order valence-corrected chi connectivity index (χ3v) is 3.85. The third-order valence-electron chi connectivity index (χ3n) is 3.85. The summed E-state index contributed by atoms with van der Waals surface area (Å²) in [5.74, 6) is 1.97. The molecule has 6 nitrogen and oxygen atoms in total. The van der Waals surface area contributed by atoms with E-state index in [9.17, 15) is 0 Å². The molecule has 3 rings (SSSR count). The Labute approximate surface area is 124 Å². The molecule has 0 spiro atoms. The lowest BCUT2D eigenvalue weighted by Gasteiger charge is -2.30. The number of methoxy groups -OCH3 is 1. The van der Waals surface area contributed by atoms with Gasteiger partial charge < -0.3 is 14.6 Å². The van der Waals surface area contributed by atoms with E-state index in [0.717, 1.165) is 37.5 Å². The van der Waals surface area contributed by atoms with Gasteiger partial charge in [-0.15, -0.1) is 0 Å². The van der Waals surface area contributed by atoms with E-state index in [1.165, 1.54) is 0 Å². The fraction of sp³-hybridized carbons (Fsp3) is 0.467. The molecule has 0 amide bonds. The van der Waals surface area contributed by atoms with Gasteiger partial charge in [0.05, 0.1) is 18.7 Å². The van der Waals surface area contributed by atoms with Gasteiger partial charge in [0, 0.05) is 26.2 Å². The summed E-state index contributed by atoms with van der Waals surface area (Å²) in [6.07, 6.45) is 0. The van der Waals surface area contributed by atoms with Crippen LogP contribution in [-0.4, -0.2) is 48.3 Å². The minimum absolute atomic E-state index is 0.128. The van der Waals surface area contributed by atoms with Crippen LogP contribution in [0.25, 0.3) is 11.4 Å². The molecule has 1 saturated heterocycles. The molecule has 0 bridgehead atoms. The van der Waals surface area contributed by atoms with Crippen molar-refractivity contribution in [3.8, 4) is 17.1 Å². The van der Waals surface area contributed by atoms with Crippen LogP contribution in [0.15, 0.2) is 28.8 Å². The normalized spacial score (nSPS) is 17.6. The molecule has 1 atom stereocenters. The van der Waals surface area contributed by atoms with Crippen LogP contribution in [-0.2, 0) is 0 Å². The zero-order chi connectivity index (χ0) is 14.7. The van der Waals surface area contributed by atoms with E-state index in [1.54, 1.807) is 7.11 Å². The highest BCUT2D eigenvalue weighted by Crippen LogP contribution is 2.29. The second-order valence-electron chi connectivity index (χ2n) is 5.12. The van der Waals surface area contributed by atoms with Gasteiger partial charge in [-0.05, 0) is 19.1 Å². The Balaban J connectivity index is 1.82. The Kier molecular flexibility index (Phi) is 4.17. The highest BCUT2D eigenvalue weighted by Gasteiger charge is 2.23. The molecule has 6 heteroatoms. The zero-order valence-electron chi connectivity index (χ0n) is 12.4. The Morgan fingerprint density at radius 3 is 2.81 bits per heavy atom. The fourth-order valence-corrected chi connectivity index (χ4v) is 2.57. The minimum Gasteiger partial charge on any atom is -0.496 e. The summed E-state index contributed by atoms with van der Waals surface area (Å²) in [4.78, 5) is 6.89. The van der Waals surface area contributed by atoms with E-state index in [2.05, 4.69) is 27.3 Å². The van der Waals surface area contributed by atoms with Crippen molar-refractivity contribution >= 4 is 0 Å². The summed E-state index contributed by atoms with van der Waals surface area (Å²) in [6.45, 7) is 6.08. The van der Waals surface area contributed by atoms with Crippen molar-refractivity contribution < 1.29 is 9.26 Å². The van der Waals surface area contributed by atoms with E-state index in [4.69, 9.17) is 9.26 Å². The third kappa shape index (κ3) is 2.91. The van der Waals surface area contributed by atoms with Crippen molar-refractivity contribution in [2.24, 2.45) is 0 Å². The largest absolute Gasteiger partial charge is 0.496 e. The molecule has 0 saturated carbocycles. The van der Waals surface area contributed by atoms with E-state index < -0.39 is 0 Å². The number of rotatable bonds is 4. The predicted molar refractivity (Wildman–Crippen MR) is 79.1 cm³/mol. The van der Waals surface area contributed by atoms with Crippen molar-refractivity contribution in [1.29, 1.82) is 0 Å². The lowest BCUT2D eigenvalue weighted by Crippen LogP contribution is -2.44. The van der Waals surface area contributed by atoms with Gasteiger partial charge in [0.25, 0.3) is 0 Å². The van der Waals surface area contributed by atoms with Crippen molar-refractivity contribution in [1.82, 2.24) is 20.4 Å². The van der Waals surface area contributed by atoms with Crippen LogP contribution in [0.5, 0.6) is 5.75 Å². The molecule has 1 N–H and O–H groups in total. The van der Waals surface area contributed by atoms with E-state index in [-0.39, 0.29) is 6.04 Å². The lowest BCUT2D eigenvalue weighted by atomic mass is 10.2. The summed E-state index contributed by atoms with van der Waals surface area (Å²) in [5.41, 5.74) is 0.850. The maximum atomic E-state index is 5.45. The molecule has 1 aliphatic heterocycles. The van der Waals surface area contributed by atoms with Crippen LogP contribution in [0, 0.1) is 0 Å². The number of hydrogen-bond donors (Lipinski definition) is 1. The SMILES string of the molecule is COc1ccccc1-c1noc(C(C)N2CCNCC2)n1. The molecule has 21 heavy (non-hydrogen) atoms. The Morgan fingerprint density at radius 1 is 1.29 bits per heavy atom. The molecule has 0 aliphatic carbocycles. The molecular formula is C15H20N4O2. The lowest BCUT2D eigenvalue weighted by molar-refractivity contribution is 0.154. The van der Waals surface area contributed by atoms with Gasteiger partial charge in [-0.1, -0.05) is 17.3 Å². The highest BCUT2D eigenvalue weighted by atomic mass is 16.5. The number of hydrogen-bond acceptors (Lipinski definition) is 6. The summed E-state index contributed by atoms with van der Waals surface area (Å²) in [6, 6.07) is 7.82. The first-order valence-electron chi connectivity index (χ1n) is 7.21. The van der Waals surface area contributed by atoms with Crippen molar-refractivity contribution in [2.45, 2.75) is 13.0 Å². The number of nitrogens with zero attached hydrogens (tertiary/aromatic N) is 3. The molecular weight excluding hydrogens is 268 g/mol. The van der Waals surface area contributed by atoms with Crippen LogP contribution < -0.4 is 10.1 Å². The summed E-state index contributed by atoms with van der Waals surface area (Å²) >= 11 is 0. The number of ether oxygens (including phenoxy) is 1. The fourth-order valence-electron chi connectivity index (χ4n) is 2.57. The van der Waals surface area contributed by atoms with E-state index in [1.807, 2.05) is 24.3 Å². The molecule has 1 fully saturated rings. The Morgan fingerprint density at radius 2 is 2.05 bits per heavy atom. The molecule has 0 radical (unpaired) electrons. The average molecular weight is 288 g/mol. The first-order chi connectivity index (χ1) is 10.3. The number of benzene rings is 1. The van der Waals surface area contributed by atoms with Crippen LogP contribution in [0.1, 0.15) is 18.9 Å². The van der Waals surface area contributed by atoms with Crippen LogP contribution in [0.3, 0.4) is 0 Å².